The zero-order valence-corrected chi connectivity index (χ0v) is 20.1. The van der Waals surface area contributed by atoms with Crippen LogP contribution in [-0.2, 0) is 19.6 Å². The maximum absolute atomic E-state index is 13.2. The van der Waals surface area contributed by atoms with E-state index in [1.165, 1.54) is 21.6 Å². The highest BCUT2D eigenvalue weighted by atomic mass is 19.1. The summed E-state index contributed by atoms with van der Waals surface area (Å²) in [5, 5.41) is 10.6. The number of halogens is 1. The Bertz CT molecular complexity index is 1090. The molecule has 2 heterocycles. The molecule has 2 aromatic rings. The zero-order valence-electron chi connectivity index (χ0n) is 20.1. The second kappa shape index (κ2) is 12.0. The smallest absolute Gasteiger partial charge is 0.331 e. The molecule has 0 atom stereocenters. The van der Waals surface area contributed by atoms with Gasteiger partial charge in [0, 0.05) is 26.2 Å². The third-order valence-corrected chi connectivity index (χ3v) is 6.29. The van der Waals surface area contributed by atoms with Gasteiger partial charge in [0.1, 0.15) is 5.82 Å². The summed E-state index contributed by atoms with van der Waals surface area (Å²) >= 11 is 0. The number of carbonyl (C=O) groups excluding carboxylic acids is 1. The van der Waals surface area contributed by atoms with Gasteiger partial charge in [-0.1, -0.05) is 38.8 Å². The van der Waals surface area contributed by atoms with Crippen molar-refractivity contribution in [1.29, 1.82) is 0 Å². The van der Waals surface area contributed by atoms with E-state index < -0.39 is 22.9 Å². The molecule has 1 N–H and O–H groups in total. The molecule has 0 saturated heterocycles. The molecule has 0 fully saturated rings. The van der Waals surface area contributed by atoms with E-state index in [2.05, 4.69) is 18.7 Å². The van der Waals surface area contributed by atoms with Gasteiger partial charge >= 0.3 is 5.69 Å². The molecule has 0 unspecified atom stereocenters. The van der Waals surface area contributed by atoms with Crippen LogP contribution in [0, 0.1) is 5.82 Å². The first-order chi connectivity index (χ1) is 16.4. The van der Waals surface area contributed by atoms with Gasteiger partial charge in [0.15, 0.2) is 5.69 Å². The van der Waals surface area contributed by atoms with Crippen LogP contribution in [0.1, 0.15) is 62.0 Å². The normalized spacial score (nSPS) is 13.5. The number of aromatic nitrogens is 2. The fraction of sp³-hybridized carbons (Fsp3) is 0.560. The number of aromatic hydroxyl groups is 1. The van der Waals surface area contributed by atoms with Crippen LogP contribution in [0.5, 0.6) is 5.75 Å². The number of hydrogen-bond acceptors (Lipinski definition) is 5. The number of hydrogen-bond donors (Lipinski definition) is 1. The Hall–Kier alpha value is -2.94. The molecule has 1 aromatic heterocycles. The third kappa shape index (κ3) is 5.94. The van der Waals surface area contributed by atoms with E-state index in [0.29, 0.717) is 12.0 Å². The second-order valence-electron chi connectivity index (χ2n) is 8.84. The molecule has 34 heavy (non-hydrogen) atoms. The molecular weight excluding hydrogens is 439 g/mol. The predicted molar refractivity (Wildman–Crippen MR) is 129 cm³/mol. The summed E-state index contributed by atoms with van der Waals surface area (Å²) in [5.74, 6) is -1.65. The Kier molecular flexibility index (Phi) is 9.04. The van der Waals surface area contributed by atoms with E-state index in [4.69, 9.17) is 0 Å². The lowest BCUT2D eigenvalue weighted by molar-refractivity contribution is 0.0677. The molecule has 8 nitrogen and oxygen atoms in total. The fourth-order valence-corrected chi connectivity index (χ4v) is 4.29. The van der Waals surface area contributed by atoms with Crippen molar-refractivity contribution in [2.75, 3.05) is 26.2 Å². The molecule has 0 spiro atoms. The van der Waals surface area contributed by atoms with Crippen LogP contribution in [-0.4, -0.2) is 56.1 Å². The summed E-state index contributed by atoms with van der Waals surface area (Å²) in [6.07, 6.45) is 5.01. The van der Waals surface area contributed by atoms with Gasteiger partial charge in [-0.3, -0.25) is 18.7 Å². The first kappa shape index (κ1) is 25.7. The van der Waals surface area contributed by atoms with Gasteiger partial charge in [-0.05, 0) is 56.6 Å². The summed E-state index contributed by atoms with van der Waals surface area (Å²) < 4.78 is 15.4. The van der Waals surface area contributed by atoms with Gasteiger partial charge in [-0.25, -0.2) is 9.18 Å². The molecule has 3 rings (SSSR count). The van der Waals surface area contributed by atoms with E-state index in [1.54, 1.807) is 12.1 Å². The summed E-state index contributed by atoms with van der Waals surface area (Å²) in [5.41, 5.74) is -0.954. The highest BCUT2D eigenvalue weighted by Crippen LogP contribution is 2.19. The number of benzene rings is 1. The molecule has 0 radical (unpaired) electrons. The van der Waals surface area contributed by atoms with Gasteiger partial charge in [0.2, 0.25) is 5.75 Å². The van der Waals surface area contributed by atoms with Crippen molar-refractivity contribution in [2.45, 2.75) is 65.6 Å². The number of unbranched alkanes of at least 4 members (excludes halogenated alkanes) is 2. The lowest BCUT2D eigenvalue weighted by Gasteiger charge is -2.30. The summed E-state index contributed by atoms with van der Waals surface area (Å²) in [6.45, 7) is 7.84. The van der Waals surface area contributed by atoms with Crippen LogP contribution < -0.4 is 11.2 Å². The first-order valence-corrected chi connectivity index (χ1v) is 12.2. The molecule has 0 bridgehead atoms. The van der Waals surface area contributed by atoms with E-state index >= 15 is 0 Å². The summed E-state index contributed by atoms with van der Waals surface area (Å²) in [6, 6.07) is 5.77. The Balaban J connectivity index is 1.75. The van der Waals surface area contributed by atoms with E-state index in [9.17, 15) is 23.9 Å². The van der Waals surface area contributed by atoms with Crippen molar-refractivity contribution in [3.8, 4) is 5.75 Å². The number of rotatable bonds is 12. The lowest BCUT2D eigenvalue weighted by Crippen LogP contribution is -2.50. The number of nitrogens with zero attached hydrogens (tertiary/aromatic N) is 4. The average Bonchev–Trinajstić information content (AvgIpc) is 2.83. The average molecular weight is 475 g/mol. The maximum Gasteiger partial charge on any atom is 0.331 e. The number of carbonyl (C=O) groups is 1. The monoisotopic (exact) mass is 474 g/mol. The van der Waals surface area contributed by atoms with Crippen LogP contribution in [0.3, 0.4) is 0 Å². The van der Waals surface area contributed by atoms with Gasteiger partial charge in [-0.2, -0.15) is 0 Å². The Morgan fingerprint density at radius 1 is 0.941 bits per heavy atom. The Morgan fingerprint density at radius 3 is 2.18 bits per heavy atom. The summed E-state index contributed by atoms with van der Waals surface area (Å²) in [4.78, 5) is 42.7. The summed E-state index contributed by atoms with van der Waals surface area (Å²) in [7, 11) is 0. The minimum Gasteiger partial charge on any atom is -0.501 e. The zero-order chi connectivity index (χ0) is 24.7. The highest BCUT2D eigenvalue weighted by molar-refractivity contribution is 5.95. The molecule has 1 aliphatic rings. The fourth-order valence-electron chi connectivity index (χ4n) is 4.29. The number of amides is 1. The third-order valence-electron chi connectivity index (χ3n) is 6.29. The SMILES string of the molecule is CCCCN(CCCC)CCCn1c(=O)c(O)c2n(c1=O)CCN(Cc1ccc(F)cc1)C2=O. The van der Waals surface area contributed by atoms with E-state index in [1.807, 2.05) is 0 Å². The highest BCUT2D eigenvalue weighted by Gasteiger charge is 2.31. The number of fused-ring (bicyclic) bond motifs is 1. The predicted octanol–water partition coefficient (Wildman–Crippen LogP) is 2.80. The molecule has 1 amide bonds. The van der Waals surface area contributed by atoms with E-state index in [0.717, 1.165) is 49.9 Å². The quantitative estimate of drug-likeness (QED) is 0.511. The molecule has 186 valence electrons. The largest absolute Gasteiger partial charge is 0.501 e. The molecule has 0 saturated carbocycles. The first-order valence-electron chi connectivity index (χ1n) is 12.2. The van der Waals surface area contributed by atoms with Crippen molar-refractivity contribution >= 4 is 5.91 Å². The van der Waals surface area contributed by atoms with Crippen molar-refractivity contribution in [3.63, 3.8) is 0 Å². The van der Waals surface area contributed by atoms with Crippen molar-refractivity contribution in [1.82, 2.24) is 18.9 Å². The maximum atomic E-state index is 13.2. The Morgan fingerprint density at radius 2 is 1.56 bits per heavy atom. The lowest BCUT2D eigenvalue weighted by atomic mass is 10.1. The van der Waals surface area contributed by atoms with Crippen LogP contribution in [0.4, 0.5) is 4.39 Å². The van der Waals surface area contributed by atoms with Gasteiger partial charge in [0.05, 0.1) is 0 Å². The van der Waals surface area contributed by atoms with Gasteiger partial charge < -0.3 is 14.9 Å². The van der Waals surface area contributed by atoms with Crippen LogP contribution >= 0.6 is 0 Å². The minimum atomic E-state index is -0.832. The van der Waals surface area contributed by atoms with Crippen LogP contribution in [0.15, 0.2) is 33.9 Å². The van der Waals surface area contributed by atoms with Crippen LogP contribution in [0.25, 0.3) is 0 Å². The van der Waals surface area contributed by atoms with Gasteiger partial charge in [0.25, 0.3) is 11.5 Å². The van der Waals surface area contributed by atoms with E-state index in [-0.39, 0.29) is 37.7 Å². The Labute approximate surface area is 199 Å². The molecular formula is C25H35FN4O4. The van der Waals surface area contributed by atoms with Gasteiger partial charge in [-0.15, -0.1) is 0 Å². The minimum absolute atomic E-state index is 0.175. The van der Waals surface area contributed by atoms with Crippen LogP contribution in [0.2, 0.25) is 0 Å². The molecule has 0 aliphatic carbocycles. The van der Waals surface area contributed by atoms with Crippen molar-refractivity contribution in [3.05, 3.63) is 62.2 Å². The molecule has 1 aromatic carbocycles. The van der Waals surface area contributed by atoms with Crippen molar-refractivity contribution < 1.29 is 14.3 Å². The van der Waals surface area contributed by atoms with Crippen molar-refractivity contribution in [2.24, 2.45) is 0 Å². The topological polar surface area (TPSA) is 87.8 Å². The second-order valence-corrected chi connectivity index (χ2v) is 8.84. The molecule has 9 heteroatoms. The molecule has 1 aliphatic heterocycles. The standard InChI is InChI=1S/C25H35FN4O4/c1-3-5-12-27(13-6-4-2)14-7-15-30-24(33)22(31)21-23(32)28(16-17-29(21)25(30)34)18-19-8-10-20(26)11-9-19/h8-11,31H,3-7,12-18H2,1-2H3.